The molecule has 62 valence electrons. The van der Waals surface area contributed by atoms with Crippen LogP contribution in [0.5, 0.6) is 0 Å². The first-order chi connectivity index (χ1) is 5.33. The Morgan fingerprint density at radius 2 is 2.45 bits per heavy atom. The Bertz CT molecular complexity index is 173. The van der Waals surface area contributed by atoms with Crippen LogP contribution in [0, 0.1) is 0 Å². The Kier molecular flexibility index (Phi) is 2.85. The molecule has 0 aromatic carbocycles. The number of ether oxygens (including phenoxy) is 1. The van der Waals surface area contributed by atoms with E-state index < -0.39 is 0 Å². The van der Waals surface area contributed by atoms with Crippen LogP contribution in [0.3, 0.4) is 0 Å². The van der Waals surface area contributed by atoms with Crippen LogP contribution in [-0.4, -0.2) is 31.5 Å². The maximum atomic E-state index is 10.7. The molecule has 1 heterocycles. The lowest BCUT2D eigenvalue weighted by Crippen LogP contribution is -2.36. The summed E-state index contributed by atoms with van der Waals surface area (Å²) in [4.78, 5) is 10.7. The molecule has 0 saturated carbocycles. The fraction of sp³-hybridized carbons (Fsp3) is 0.667. The first-order valence-electron chi connectivity index (χ1n) is 3.50. The van der Waals surface area contributed by atoms with E-state index in [2.05, 4.69) is 15.8 Å². The third-order valence-electron chi connectivity index (χ3n) is 1.19. The second-order valence-electron chi connectivity index (χ2n) is 2.14. The van der Waals surface area contributed by atoms with Crippen molar-refractivity contribution in [3.8, 4) is 0 Å². The Morgan fingerprint density at radius 3 is 2.91 bits per heavy atom. The number of hydrogen-bond acceptors (Lipinski definition) is 3. The normalized spacial score (nSPS) is 15.2. The maximum Gasteiger partial charge on any atom is 0.335 e. The van der Waals surface area contributed by atoms with Crippen molar-refractivity contribution in [2.24, 2.45) is 5.10 Å². The van der Waals surface area contributed by atoms with Gasteiger partial charge in [-0.2, -0.15) is 5.10 Å². The summed E-state index contributed by atoms with van der Waals surface area (Å²) in [5.41, 5.74) is 3.21. The molecule has 0 spiro atoms. The summed E-state index contributed by atoms with van der Waals surface area (Å²) >= 11 is 0. The highest BCUT2D eigenvalue weighted by molar-refractivity contribution is 5.91. The maximum absolute atomic E-state index is 10.7. The summed E-state index contributed by atoms with van der Waals surface area (Å²) in [5, 5.41) is 6.33. The number of rotatable bonds is 2. The van der Waals surface area contributed by atoms with Gasteiger partial charge in [0.25, 0.3) is 0 Å². The molecule has 2 N–H and O–H groups in total. The summed E-state index contributed by atoms with van der Waals surface area (Å²) in [6.45, 7) is 3.52. The van der Waals surface area contributed by atoms with Gasteiger partial charge in [-0.1, -0.05) is 0 Å². The molecular weight excluding hydrogens is 146 g/mol. The van der Waals surface area contributed by atoms with E-state index in [1.165, 1.54) is 0 Å². The SMILES string of the molecule is CCNC(=O)NN=C1COC1. The Balaban J connectivity index is 2.14. The molecule has 1 rings (SSSR count). The zero-order valence-electron chi connectivity index (χ0n) is 6.39. The Morgan fingerprint density at radius 1 is 1.73 bits per heavy atom. The molecule has 11 heavy (non-hydrogen) atoms. The lowest BCUT2D eigenvalue weighted by atomic mass is 10.3. The molecular formula is C6H11N3O2. The summed E-state index contributed by atoms with van der Waals surface area (Å²) in [6, 6.07) is -0.271. The molecule has 2 amide bonds. The van der Waals surface area contributed by atoms with Crippen molar-refractivity contribution in [3.05, 3.63) is 0 Å². The molecule has 5 heteroatoms. The van der Waals surface area contributed by atoms with Crippen molar-refractivity contribution in [1.82, 2.24) is 10.7 Å². The summed E-state index contributed by atoms with van der Waals surface area (Å²) < 4.78 is 4.82. The van der Waals surface area contributed by atoms with Gasteiger partial charge < -0.3 is 10.1 Å². The average Bonchev–Trinajstić information content (AvgIpc) is 1.85. The second-order valence-corrected chi connectivity index (χ2v) is 2.14. The average molecular weight is 157 g/mol. The van der Waals surface area contributed by atoms with E-state index in [-0.39, 0.29) is 6.03 Å². The highest BCUT2D eigenvalue weighted by Gasteiger charge is 2.10. The Hall–Kier alpha value is -1.10. The van der Waals surface area contributed by atoms with Crippen LogP contribution in [0.2, 0.25) is 0 Å². The predicted octanol–water partition coefficient (Wildman–Crippen LogP) is -0.308. The summed E-state index contributed by atoms with van der Waals surface area (Å²) in [5.74, 6) is 0. The minimum Gasteiger partial charge on any atom is -0.369 e. The second kappa shape index (κ2) is 3.92. The number of hydrogen-bond donors (Lipinski definition) is 2. The molecule has 0 aromatic rings. The zero-order valence-corrected chi connectivity index (χ0v) is 6.39. The standard InChI is InChI=1S/C6H11N3O2/c1-2-7-6(10)9-8-5-3-11-4-5/h2-4H2,1H3,(H2,7,9,10). The fourth-order valence-electron chi connectivity index (χ4n) is 0.588. The number of nitrogens with one attached hydrogen (secondary N) is 2. The van der Waals surface area contributed by atoms with E-state index in [0.29, 0.717) is 19.8 Å². The van der Waals surface area contributed by atoms with Crippen molar-refractivity contribution in [2.75, 3.05) is 19.8 Å². The van der Waals surface area contributed by atoms with Gasteiger partial charge in [0.05, 0.1) is 18.9 Å². The van der Waals surface area contributed by atoms with Crippen LogP contribution < -0.4 is 10.7 Å². The van der Waals surface area contributed by atoms with E-state index in [1.807, 2.05) is 6.92 Å². The van der Waals surface area contributed by atoms with E-state index >= 15 is 0 Å². The molecule has 0 radical (unpaired) electrons. The van der Waals surface area contributed by atoms with Gasteiger partial charge in [0, 0.05) is 6.54 Å². The number of hydrazone groups is 1. The summed E-state index contributed by atoms with van der Waals surface area (Å²) in [7, 11) is 0. The van der Waals surface area contributed by atoms with Gasteiger partial charge >= 0.3 is 6.03 Å². The topological polar surface area (TPSA) is 62.7 Å². The largest absolute Gasteiger partial charge is 0.369 e. The number of amides is 2. The van der Waals surface area contributed by atoms with Gasteiger partial charge in [0.15, 0.2) is 0 Å². The molecule has 0 bridgehead atoms. The fourth-order valence-corrected chi connectivity index (χ4v) is 0.588. The van der Waals surface area contributed by atoms with Gasteiger partial charge in [0.1, 0.15) is 0 Å². The van der Waals surface area contributed by atoms with Gasteiger partial charge in [0.2, 0.25) is 0 Å². The number of nitrogens with zero attached hydrogens (tertiary/aromatic N) is 1. The summed E-state index contributed by atoms with van der Waals surface area (Å²) in [6.07, 6.45) is 0. The van der Waals surface area contributed by atoms with Gasteiger partial charge in [-0.25, -0.2) is 10.2 Å². The van der Waals surface area contributed by atoms with Crippen molar-refractivity contribution < 1.29 is 9.53 Å². The van der Waals surface area contributed by atoms with E-state index in [1.54, 1.807) is 0 Å². The smallest absolute Gasteiger partial charge is 0.335 e. The van der Waals surface area contributed by atoms with Crippen LogP contribution in [0.1, 0.15) is 6.92 Å². The van der Waals surface area contributed by atoms with Gasteiger partial charge in [-0.05, 0) is 6.92 Å². The lowest BCUT2D eigenvalue weighted by molar-refractivity contribution is 0.158. The molecule has 0 aromatic heterocycles. The number of carbonyl (C=O) groups is 1. The molecule has 1 aliphatic rings. The predicted molar refractivity (Wildman–Crippen MR) is 40.5 cm³/mol. The van der Waals surface area contributed by atoms with Crippen molar-refractivity contribution in [1.29, 1.82) is 0 Å². The molecule has 5 nitrogen and oxygen atoms in total. The van der Waals surface area contributed by atoms with Crippen LogP contribution in [0.25, 0.3) is 0 Å². The van der Waals surface area contributed by atoms with Crippen molar-refractivity contribution in [3.63, 3.8) is 0 Å². The number of urea groups is 1. The van der Waals surface area contributed by atoms with Crippen LogP contribution in [0.4, 0.5) is 4.79 Å². The van der Waals surface area contributed by atoms with Crippen LogP contribution in [-0.2, 0) is 4.74 Å². The van der Waals surface area contributed by atoms with Crippen LogP contribution in [0.15, 0.2) is 5.10 Å². The third-order valence-corrected chi connectivity index (χ3v) is 1.19. The molecule has 0 unspecified atom stereocenters. The lowest BCUT2D eigenvalue weighted by Gasteiger charge is -2.15. The minimum atomic E-state index is -0.271. The highest BCUT2D eigenvalue weighted by Crippen LogP contribution is 1.93. The Labute approximate surface area is 64.8 Å². The van der Waals surface area contributed by atoms with Crippen LogP contribution >= 0.6 is 0 Å². The molecule has 0 atom stereocenters. The molecule has 0 aliphatic carbocycles. The van der Waals surface area contributed by atoms with Crippen molar-refractivity contribution >= 4 is 11.7 Å². The first kappa shape index (κ1) is 8.00. The van der Waals surface area contributed by atoms with Gasteiger partial charge in [-0.3, -0.25) is 0 Å². The highest BCUT2D eigenvalue weighted by atomic mass is 16.5. The first-order valence-corrected chi connectivity index (χ1v) is 3.50. The molecule has 1 aliphatic heterocycles. The monoisotopic (exact) mass is 157 g/mol. The third kappa shape index (κ3) is 2.55. The minimum absolute atomic E-state index is 0.271. The zero-order chi connectivity index (χ0) is 8.10. The van der Waals surface area contributed by atoms with Crippen molar-refractivity contribution in [2.45, 2.75) is 6.92 Å². The van der Waals surface area contributed by atoms with E-state index in [9.17, 15) is 4.79 Å². The quantitative estimate of drug-likeness (QED) is 0.540. The van der Waals surface area contributed by atoms with Gasteiger partial charge in [-0.15, -0.1) is 0 Å². The molecule has 1 fully saturated rings. The number of carbonyl (C=O) groups excluding carboxylic acids is 1. The van der Waals surface area contributed by atoms with E-state index in [4.69, 9.17) is 4.74 Å². The molecule has 1 saturated heterocycles. The van der Waals surface area contributed by atoms with E-state index in [0.717, 1.165) is 5.71 Å².